The summed E-state index contributed by atoms with van der Waals surface area (Å²) < 4.78 is 25.3. The Morgan fingerprint density at radius 2 is 1.46 bits per heavy atom. The van der Waals surface area contributed by atoms with E-state index in [4.69, 9.17) is 12.6 Å². The summed E-state index contributed by atoms with van der Waals surface area (Å²) in [5, 5.41) is 46.3. The highest BCUT2D eigenvalue weighted by molar-refractivity contribution is 7.59. The third-order valence-electron chi connectivity index (χ3n) is 2.42. The lowest BCUT2D eigenvalue weighted by atomic mass is 10.2. The molecule has 2 aromatic rings. The maximum atomic E-state index is 10.6. The van der Waals surface area contributed by atoms with Crippen LogP contribution in [0.1, 0.15) is 0 Å². The van der Waals surface area contributed by atoms with E-state index < -0.39 is 15.5 Å². The van der Waals surface area contributed by atoms with Gasteiger partial charge in [-0.1, -0.05) is 6.07 Å². The van der Waals surface area contributed by atoms with Crippen LogP contribution in [0.15, 0.2) is 46.6 Å². The van der Waals surface area contributed by atoms with Gasteiger partial charge in [0.25, 0.3) is 5.69 Å². The predicted octanol–water partition coefficient (Wildman–Crippen LogP) is 2.12. The van der Waals surface area contributed by atoms with E-state index in [1.807, 2.05) is 0 Å². The molecule has 0 aliphatic rings. The van der Waals surface area contributed by atoms with E-state index in [0.717, 1.165) is 18.2 Å². The van der Waals surface area contributed by atoms with Gasteiger partial charge in [-0.2, -0.15) is 0 Å². The Kier molecular flexibility index (Phi) is 6.31. The van der Waals surface area contributed by atoms with Crippen LogP contribution in [0.25, 0.3) is 0 Å². The highest BCUT2D eigenvalue weighted by Crippen LogP contribution is 2.38. The van der Waals surface area contributed by atoms with E-state index in [9.17, 15) is 25.4 Å². The van der Waals surface area contributed by atoms with E-state index in [0.29, 0.717) is 0 Å². The van der Waals surface area contributed by atoms with Crippen LogP contribution in [-0.4, -0.2) is 32.9 Å². The zero-order valence-corrected chi connectivity index (χ0v) is 12.4. The second-order valence-corrected chi connectivity index (χ2v) is 4.39. The van der Waals surface area contributed by atoms with E-state index >= 15 is 0 Å². The van der Waals surface area contributed by atoms with Crippen LogP contribution < -0.4 is 0 Å². The second kappa shape index (κ2) is 8.19. The number of rotatable bonds is 3. The molecule has 2 aromatic carbocycles. The van der Waals surface area contributed by atoms with Gasteiger partial charge in [-0.05, 0) is 18.2 Å². The summed E-state index contributed by atoms with van der Waals surface area (Å²) in [5.74, 6) is -0.924. The molecule has 12 heteroatoms. The predicted molar refractivity (Wildman–Crippen MR) is 78.4 cm³/mol. The molecule has 24 heavy (non-hydrogen) atoms. The summed E-state index contributed by atoms with van der Waals surface area (Å²) in [7, 11) is -3.11. The van der Waals surface area contributed by atoms with Gasteiger partial charge in [0.15, 0.2) is 5.69 Å². The molecule has 0 amide bonds. The van der Waals surface area contributed by atoms with Crippen molar-refractivity contribution in [2.75, 3.05) is 0 Å². The maximum absolute atomic E-state index is 10.6. The molecule has 0 unspecified atom stereocenters. The fourth-order valence-electron chi connectivity index (χ4n) is 1.43. The van der Waals surface area contributed by atoms with Crippen LogP contribution in [0.3, 0.4) is 0 Å². The number of non-ortho nitro benzene ring substituents is 1. The quantitative estimate of drug-likeness (QED) is 0.425. The minimum absolute atomic E-state index is 0.151. The van der Waals surface area contributed by atoms with Crippen molar-refractivity contribution in [1.82, 2.24) is 0 Å². The zero-order chi connectivity index (χ0) is 18.3. The molecule has 0 radical (unpaired) electrons. The van der Waals surface area contributed by atoms with E-state index in [2.05, 4.69) is 10.2 Å². The number of hydrogen-bond acceptors (Lipinski definition) is 10. The number of phenols is 3. The van der Waals surface area contributed by atoms with Crippen molar-refractivity contribution in [2.24, 2.45) is 10.2 Å². The first-order chi connectivity index (χ1) is 11.2. The van der Waals surface area contributed by atoms with E-state index in [1.165, 1.54) is 18.2 Å². The lowest BCUT2D eigenvalue weighted by Crippen LogP contribution is -1.86. The van der Waals surface area contributed by atoms with Crippen LogP contribution in [0.4, 0.5) is 17.1 Å². The zero-order valence-electron chi connectivity index (χ0n) is 11.6. The molecule has 0 saturated carbocycles. The van der Waals surface area contributed by atoms with Crippen molar-refractivity contribution in [3.63, 3.8) is 0 Å². The largest absolute Gasteiger partial charge is 0.506 e. The average molecular weight is 355 g/mol. The fourth-order valence-corrected chi connectivity index (χ4v) is 1.43. The Hall–Kier alpha value is -3.54. The lowest BCUT2D eigenvalue weighted by molar-refractivity contribution is -0.384. The molecule has 0 saturated heterocycles. The number of nitro benzene ring substituents is 1. The van der Waals surface area contributed by atoms with Crippen molar-refractivity contribution in [1.29, 1.82) is 0 Å². The lowest BCUT2D eigenvalue weighted by Gasteiger charge is -2.01. The first-order valence-corrected chi connectivity index (χ1v) is 6.89. The molecule has 0 aliphatic heterocycles. The van der Waals surface area contributed by atoms with Crippen molar-refractivity contribution < 1.29 is 32.9 Å². The smallest absolute Gasteiger partial charge is 0.425 e. The summed E-state index contributed by atoms with van der Waals surface area (Å²) in [6, 6.07) is 7.25. The summed E-state index contributed by atoms with van der Waals surface area (Å²) in [6.07, 6.45) is 0. The van der Waals surface area contributed by atoms with Crippen molar-refractivity contribution in [3.8, 4) is 17.2 Å². The number of aromatic hydroxyl groups is 3. The molecular formula is C12H9N3O8S. The molecular weight excluding hydrogens is 346 g/mol. The summed E-state index contributed by atoms with van der Waals surface area (Å²) in [5.41, 5.74) is -0.612. The summed E-state index contributed by atoms with van der Waals surface area (Å²) >= 11 is 0. The Balaban J connectivity index is 0.000000648. The molecule has 0 spiro atoms. The molecule has 2 rings (SSSR count). The number of phenolic OH excluding ortho intramolecular Hbond substituents is 3. The summed E-state index contributed by atoms with van der Waals surface area (Å²) in [6.45, 7) is 0. The van der Waals surface area contributed by atoms with Gasteiger partial charge in [0, 0.05) is 12.1 Å². The molecule has 11 nitrogen and oxygen atoms in total. The van der Waals surface area contributed by atoms with Crippen LogP contribution in [-0.2, 0) is 10.6 Å². The fraction of sp³-hybridized carbons (Fsp3) is 0. The maximum Gasteiger partial charge on any atom is 0.425 e. The van der Waals surface area contributed by atoms with Gasteiger partial charge in [0.2, 0.25) is 0 Å². The van der Waals surface area contributed by atoms with Crippen molar-refractivity contribution in [3.05, 3.63) is 46.5 Å². The highest BCUT2D eigenvalue weighted by Gasteiger charge is 2.11. The Bertz CT molecular complexity index is 868. The number of nitrogens with zero attached hydrogens (tertiary/aromatic N) is 3. The first kappa shape index (κ1) is 18.5. The molecule has 0 aliphatic carbocycles. The number of benzene rings is 2. The van der Waals surface area contributed by atoms with Gasteiger partial charge in [0.05, 0.1) is 4.92 Å². The van der Waals surface area contributed by atoms with Gasteiger partial charge < -0.3 is 15.3 Å². The van der Waals surface area contributed by atoms with Gasteiger partial charge in [-0.3, -0.25) is 10.1 Å². The van der Waals surface area contributed by atoms with Crippen LogP contribution in [0.5, 0.6) is 17.2 Å². The number of hydrogen-bond donors (Lipinski definition) is 3. The third-order valence-corrected chi connectivity index (χ3v) is 2.42. The van der Waals surface area contributed by atoms with Crippen molar-refractivity contribution >= 4 is 27.7 Å². The molecule has 126 valence electrons. The number of azo groups is 1. The molecule has 0 bridgehead atoms. The molecule has 0 heterocycles. The summed E-state index contributed by atoms with van der Waals surface area (Å²) in [4.78, 5) is 9.98. The monoisotopic (exact) mass is 355 g/mol. The Labute approximate surface area is 135 Å². The van der Waals surface area contributed by atoms with Gasteiger partial charge in [0.1, 0.15) is 22.9 Å². The SMILES string of the molecule is O=S(=O)=O.O=[N+]([O-])c1ccc(O)c(N=Nc2c(O)cccc2O)c1. The Morgan fingerprint density at radius 1 is 0.917 bits per heavy atom. The van der Waals surface area contributed by atoms with Crippen LogP contribution >= 0.6 is 0 Å². The minimum Gasteiger partial charge on any atom is -0.506 e. The first-order valence-electron chi connectivity index (χ1n) is 5.89. The van der Waals surface area contributed by atoms with Crippen LogP contribution in [0.2, 0.25) is 0 Å². The third kappa shape index (κ3) is 5.34. The topological polar surface area (TPSA) is 180 Å². The van der Waals surface area contributed by atoms with Crippen molar-refractivity contribution in [2.45, 2.75) is 0 Å². The average Bonchev–Trinajstić information content (AvgIpc) is 2.47. The molecule has 0 fully saturated rings. The van der Waals surface area contributed by atoms with E-state index in [1.54, 1.807) is 0 Å². The van der Waals surface area contributed by atoms with Gasteiger partial charge in [-0.25, -0.2) is 0 Å². The normalized spacial score (nSPS) is 10.0. The minimum atomic E-state index is -3.11. The number of nitro groups is 1. The van der Waals surface area contributed by atoms with Crippen LogP contribution in [0, 0.1) is 10.1 Å². The van der Waals surface area contributed by atoms with Gasteiger partial charge >= 0.3 is 10.6 Å². The molecule has 0 atom stereocenters. The highest BCUT2D eigenvalue weighted by atomic mass is 32.2. The standard InChI is InChI=1S/C12H9N3O5.O3S/c16-9-5-4-7(15(19)20)6-8(9)13-14-12-10(17)2-1-3-11(12)18;1-4(2)3/h1-6,16-18H;. The molecule has 0 aromatic heterocycles. The van der Waals surface area contributed by atoms with Gasteiger partial charge in [-0.15, -0.1) is 22.9 Å². The molecule has 3 N–H and O–H groups in total. The van der Waals surface area contributed by atoms with E-state index in [-0.39, 0.29) is 34.3 Å². The Morgan fingerprint density at radius 3 is 1.96 bits per heavy atom. The second-order valence-electron chi connectivity index (χ2n) is 3.98.